The fourth-order valence-corrected chi connectivity index (χ4v) is 2.41. The van der Waals surface area contributed by atoms with Gasteiger partial charge in [-0.25, -0.2) is 4.39 Å². The van der Waals surface area contributed by atoms with Gasteiger partial charge in [0.2, 0.25) is 0 Å². The third-order valence-corrected chi connectivity index (χ3v) is 3.69. The van der Waals surface area contributed by atoms with E-state index in [4.69, 9.17) is 0 Å². The predicted octanol–water partition coefficient (Wildman–Crippen LogP) is 2.25. The molecule has 0 radical (unpaired) electrons. The van der Waals surface area contributed by atoms with Gasteiger partial charge in [0.15, 0.2) is 5.78 Å². The van der Waals surface area contributed by atoms with Crippen molar-refractivity contribution in [1.82, 2.24) is 4.90 Å². The van der Waals surface area contributed by atoms with Crippen molar-refractivity contribution < 1.29 is 14.3 Å². The maximum absolute atomic E-state index is 12.8. The number of carbonyl (C=O) groups excluding carboxylic acids is 1. The highest BCUT2D eigenvalue weighted by Gasteiger charge is 2.25. The zero-order valence-corrected chi connectivity index (χ0v) is 11.2. The van der Waals surface area contributed by atoms with Gasteiger partial charge in [-0.3, -0.25) is 9.69 Å². The van der Waals surface area contributed by atoms with Gasteiger partial charge in [-0.2, -0.15) is 0 Å². The summed E-state index contributed by atoms with van der Waals surface area (Å²) in [7, 11) is 0. The van der Waals surface area contributed by atoms with Crippen molar-refractivity contribution in [2.75, 3.05) is 19.6 Å². The number of carbonyl (C=O) groups is 1. The van der Waals surface area contributed by atoms with Gasteiger partial charge in [-0.05, 0) is 57.0 Å². The lowest BCUT2D eigenvalue weighted by Crippen LogP contribution is -2.32. The molecular formula is C15H20FNO2. The van der Waals surface area contributed by atoms with E-state index in [2.05, 4.69) is 4.90 Å². The van der Waals surface area contributed by atoms with Gasteiger partial charge in [-0.1, -0.05) is 0 Å². The lowest BCUT2D eigenvalue weighted by molar-refractivity contribution is 0.0444. The van der Waals surface area contributed by atoms with Crippen LogP contribution in [-0.2, 0) is 0 Å². The van der Waals surface area contributed by atoms with Crippen molar-refractivity contribution in [2.45, 2.75) is 31.8 Å². The average Bonchev–Trinajstić information content (AvgIpc) is 2.52. The second-order valence-electron chi connectivity index (χ2n) is 5.56. The number of aliphatic hydroxyl groups is 1. The van der Waals surface area contributed by atoms with E-state index < -0.39 is 5.60 Å². The van der Waals surface area contributed by atoms with Crippen LogP contribution in [0.2, 0.25) is 0 Å². The molecule has 0 spiro atoms. The van der Waals surface area contributed by atoms with E-state index in [1.807, 2.05) is 6.92 Å². The van der Waals surface area contributed by atoms with E-state index in [1.54, 1.807) is 0 Å². The summed E-state index contributed by atoms with van der Waals surface area (Å²) in [4.78, 5) is 14.1. The molecule has 1 atom stereocenters. The number of rotatable bonds is 3. The van der Waals surface area contributed by atoms with Gasteiger partial charge in [0.1, 0.15) is 5.82 Å². The molecule has 1 aromatic carbocycles. The molecule has 1 fully saturated rings. The van der Waals surface area contributed by atoms with Gasteiger partial charge in [-0.15, -0.1) is 0 Å². The Kier molecular flexibility index (Phi) is 4.32. The molecule has 104 valence electrons. The Labute approximate surface area is 113 Å². The SMILES string of the molecule is CC1(O)CCCN(CC(=O)c2ccc(F)cc2)CC1. The normalized spacial score (nSPS) is 25.0. The number of Topliss-reactive ketones (excluding diaryl/α,β-unsaturated/α-hetero) is 1. The summed E-state index contributed by atoms with van der Waals surface area (Å²) < 4.78 is 12.8. The first kappa shape index (κ1) is 14.2. The number of benzene rings is 1. The molecule has 1 aliphatic heterocycles. The molecule has 1 aromatic rings. The summed E-state index contributed by atoms with van der Waals surface area (Å²) in [5.74, 6) is -0.330. The number of nitrogens with zero attached hydrogens (tertiary/aromatic N) is 1. The molecule has 0 amide bonds. The smallest absolute Gasteiger partial charge is 0.176 e. The van der Waals surface area contributed by atoms with E-state index >= 15 is 0 Å². The van der Waals surface area contributed by atoms with Gasteiger partial charge in [0.25, 0.3) is 0 Å². The highest BCUT2D eigenvalue weighted by Crippen LogP contribution is 2.21. The molecule has 0 aromatic heterocycles. The molecular weight excluding hydrogens is 245 g/mol. The molecule has 19 heavy (non-hydrogen) atoms. The predicted molar refractivity (Wildman–Crippen MR) is 71.6 cm³/mol. The van der Waals surface area contributed by atoms with E-state index in [9.17, 15) is 14.3 Å². The molecule has 1 saturated heterocycles. The van der Waals surface area contributed by atoms with Crippen molar-refractivity contribution >= 4 is 5.78 Å². The maximum atomic E-state index is 12.8. The number of hydrogen-bond donors (Lipinski definition) is 1. The molecule has 0 bridgehead atoms. The fraction of sp³-hybridized carbons (Fsp3) is 0.533. The third kappa shape index (κ3) is 4.11. The summed E-state index contributed by atoms with van der Waals surface area (Å²) >= 11 is 0. The van der Waals surface area contributed by atoms with Crippen LogP contribution >= 0.6 is 0 Å². The third-order valence-electron chi connectivity index (χ3n) is 3.69. The van der Waals surface area contributed by atoms with Crippen LogP contribution in [0.3, 0.4) is 0 Å². The Balaban J connectivity index is 1.93. The number of halogens is 1. The van der Waals surface area contributed by atoms with Crippen LogP contribution in [0.25, 0.3) is 0 Å². The van der Waals surface area contributed by atoms with Crippen LogP contribution in [0.4, 0.5) is 4.39 Å². The first-order valence-corrected chi connectivity index (χ1v) is 6.70. The lowest BCUT2D eigenvalue weighted by atomic mass is 9.98. The highest BCUT2D eigenvalue weighted by atomic mass is 19.1. The standard InChI is InChI=1S/C15H20FNO2/c1-15(19)7-2-9-17(10-8-15)11-14(18)12-3-5-13(16)6-4-12/h3-6,19H,2,7-11H2,1H3. The first-order valence-electron chi connectivity index (χ1n) is 6.70. The topological polar surface area (TPSA) is 40.5 Å². The van der Waals surface area contributed by atoms with Crippen LogP contribution in [-0.4, -0.2) is 41.0 Å². The largest absolute Gasteiger partial charge is 0.390 e. The lowest BCUT2D eigenvalue weighted by Gasteiger charge is -2.21. The van der Waals surface area contributed by atoms with E-state index in [-0.39, 0.29) is 11.6 Å². The van der Waals surface area contributed by atoms with Crippen LogP contribution in [0.15, 0.2) is 24.3 Å². The monoisotopic (exact) mass is 265 g/mol. The van der Waals surface area contributed by atoms with Crippen molar-refractivity contribution in [3.8, 4) is 0 Å². The minimum atomic E-state index is -0.617. The molecule has 0 saturated carbocycles. The Hall–Kier alpha value is -1.26. The van der Waals surface area contributed by atoms with Gasteiger partial charge >= 0.3 is 0 Å². The van der Waals surface area contributed by atoms with E-state index in [1.165, 1.54) is 24.3 Å². The number of hydrogen-bond acceptors (Lipinski definition) is 3. The van der Waals surface area contributed by atoms with Crippen LogP contribution < -0.4 is 0 Å². The maximum Gasteiger partial charge on any atom is 0.176 e. The summed E-state index contributed by atoms with van der Waals surface area (Å²) in [6.07, 6.45) is 2.35. The second-order valence-corrected chi connectivity index (χ2v) is 5.56. The molecule has 1 aliphatic rings. The summed E-state index contributed by atoms with van der Waals surface area (Å²) in [5.41, 5.74) is -0.0781. The van der Waals surface area contributed by atoms with E-state index in [0.29, 0.717) is 18.5 Å². The van der Waals surface area contributed by atoms with Crippen LogP contribution in [0.5, 0.6) is 0 Å². The Morgan fingerprint density at radius 1 is 1.32 bits per heavy atom. The molecule has 0 aliphatic carbocycles. The minimum Gasteiger partial charge on any atom is -0.390 e. The van der Waals surface area contributed by atoms with Gasteiger partial charge in [0.05, 0.1) is 12.1 Å². The summed E-state index contributed by atoms with van der Waals surface area (Å²) in [5, 5.41) is 10.0. The van der Waals surface area contributed by atoms with Crippen molar-refractivity contribution in [2.24, 2.45) is 0 Å². The number of ketones is 1. The zero-order chi connectivity index (χ0) is 13.9. The van der Waals surface area contributed by atoms with Gasteiger partial charge < -0.3 is 5.11 Å². The second kappa shape index (κ2) is 5.80. The Morgan fingerprint density at radius 2 is 2.00 bits per heavy atom. The quantitative estimate of drug-likeness (QED) is 0.852. The molecule has 1 N–H and O–H groups in total. The molecule has 3 nitrogen and oxygen atoms in total. The van der Waals surface area contributed by atoms with Crippen LogP contribution in [0.1, 0.15) is 36.5 Å². The molecule has 2 rings (SSSR count). The van der Waals surface area contributed by atoms with Crippen molar-refractivity contribution in [1.29, 1.82) is 0 Å². The Bertz CT molecular complexity index is 442. The summed E-state index contributed by atoms with van der Waals surface area (Å²) in [6.45, 7) is 3.73. The van der Waals surface area contributed by atoms with Crippen molar-refractivity contribution in [3.05, 3.63) is 35.6 Å². The fourth-order valence-electron chi connectivity index (χ4n) is 2.41. The number of likely N-dealkylation sites (tertiary alicyclic amines) is 1. The van der Waals surface area contributed by atoms with Crippen molar-refractivity contribution in [3.63, 3.8) is 0 Å². The molecule has 1 unspecified atom stereocenters. The van der Waals surface area contributed by atoms with E-state index in [0.717, 1.165) is 25.9 Å². The molecule has 1 heterocycles. The zero-order valence-electron chi connectivity index (χ0n) is 11.2. The highest BCUT2D eigenvalue weighted by molar-refractivity contribution is 5.97. The Morgan fingerprint density at radius 3 is 2.68 bits per heavy atom. The average molecular weight is 265 g/mol. The molecule has 4 heteroatoms. The van der Waals surface area contributed by atoms with Gasteiger partial charge in [0, 0.05) is 12.1 Å². The first-order chi connectivity index (χ1) is 8.96. The summed E-state index contributed by atoms with van der Waals surface area (Å²) in [6, 6.07) is 5.65. The minimum absolute atomic E-state index is 0.00143. The van der Waals surface area contributed by atoms with Crippen LogP contribution in [0, 0.1) is 5.82 Å².